The third-order valence-corrected chi connectivity index (χ3v) is 4.22. The summed E-state index contributed by atoms with van der Waals surface area (Å²) in [6.07, 6.45) is 6.31. The van der Waals surface area contributed by atoms with Gasteiger partial charge in [0, 0.05) is 12.6 Å². The summed E-state index contributed by atoms with van der Waals surface area (Å²) in [4.78, 5) is 11.7. The zero-order valence-corrected chi connectivity index (χ0v) is 12.5. The fraction of sp³-hybridized carbons (Fsp3) is 0.933. The van der Waals surface area contributed by atoms with E-state index in [1.54, 1.807) is 0 Å². The minimum atomic E-state index is -0.414. The first-order valence-corrected chi connectivity index (χ1v) is 7.66. The van der Waals surface area contributed by atoms with Gasteiger partial charge in [-0.2, -0.15) is 0 Å². The molecule has 1 saturated heterocycles. The van der Waals surface area contributed by atoms with E-state index in [1.165, 1.54) is 25.7 Å². The largest absolute Gasteiger partial charge is 0.444 e. The highest BCUT2D eigenvalue weighted by Gasteiger charge is 2.34. The molecule has 0 aromatic rings. The van der Waals surface area contributed by atoms with E-state index < -0.39 is 5.60 Å². The van der Waals surface area contributed by atoms with Gasteiger partial charge in [-0.25, -0.2) is 4.79 Å². The molecule has 19 heavy (non-hydrogen) atoms. The van der Waals surface area contributed by atoms with Gasteiger partial charge >= 0.3 is 6.09 Å². The number of nitrogens with one attached hydrogen (secondary N) is 2. The number of ether oxygens (including phenoxy) is 1. The average Bonchev–Trinajstić information content (AvgIpc) is 2.94. The van der Waals surface area contributed by atoms with Gasteiger partial charge < -0.3 is 15.4 Å². The van der Waals surface area contributed by atoms with E-state index in [9.17, 15) is 4.79 Å². The van der Waals surface area contributed by atoms with Gasteiger partial charge in [0.2, 0.25) is 0 Å². The third kappa shape index (κ3) is 4.37. The molecule has 0 aromatic heterocycles. The Labute approximate surface area is 116 Å². The maximum Gasteiger partial charge on any atom is 0.407 e. The first-order valence-electron chi connectivity index (χ1n) is 7.66. The second-order valence-electron chi connectivity index (χ2n) is 6.96. The van der Waals surface area contributed by atoms with Gasteiger partial charge in [-0.3, -0.25) is 0 Å². The van der Waals surface area contributed by atoms with Crippen molar-refractivity contribution in [2.24, 2.45) is 11.8 Å². The second kappa shape index (κ2) is 6.12. The number of hydrogen-bond acceptors (Lipinski definition) is 3. The number of carbonyl (C=O) groups excluding carboxylic acids is 1. The van der Waals surface area contributed by atoms with Crippen LogP contribution < -0.4 is 10.6 Å². The van der Waals surface area contributed by atoms with Gasteiger partial charge in [0.15, 0.2) is 0 Å². The molecule has 4 heteroatoms. The van der Waals surface area contributed by atoms with Crippen molar-refractivity contribution in [2.45, 2.75) is 64.5 Å². The van der Waals surface area contributed by atoms with E-state index in [4.69, 9.17) is 4.74 Å². The van der Waals surface area contributed by atoms with Crippen LogP contribution in [0.25, 0.3) is 0 Å². The lowest BCUT2D eigenvalue weighted by Crippen LogP contribution is -2.41. The van der Waals surface area contributed by atoms with Crippen LogP contribution in [0.3, 0.4) is 0 Å². The number of amides is 1. The Bertz CT molecular complexity index is 306. The zero-order valence-electron chi connectivity index (χ0n) is 12.5. The van der Waals surface area contributed by atoms with Gasteiger partial charge in [0.05, 0.1) is 0 Å². The highest BCUT2D eigenvalue weighted by atomic mass is 16.6. The second-order valence-corrected chi connectivity index (χ2v) is 6.96. The standard InChI is InChI=1S/C15H28N2O2/c1-15(2,3)19-14(18)17-10-12-8-9-16-13(12)11-6-4-5-7-11/h11-13,16H,4-10H2,1-3H3,(H,17,18). The molecule has 1 amide bonds. The lowest BCUT2D eigenvalue weighted by molar-refractivity contribution is 0.0516. The maximum atomic E-state index is 11.7. The summed E-state index contributed by atoms with van der Waals surface area (Å²) in [7, 11) is 0. The lowest BCUT2D eigenvalue weighted by atomic mass is 9.88. The van der Waals surface area contributed by atoms with Crippen molar-refractivity contribution in [3.05, 3.63) is 0 Å². The molecule has 0 spiro atoms. The normalized spacial score (nSPS) is 28.6. The van der Waals surface area contributed by atoms with E-state index in [1.807, 2.05) is 20.8 Å². The van der Waals surface area contributed by atoms with Crippen LogP contribution in [0.2, 0.25) is 0 Å². The number of rotatable bonds is 3. The molecular formula is C15H28N2O2. The molecule has 110 valence electrons. The molecular weight excluding hydrogens is 240 g/mol. The summed E-state index contributed by atoms with van der Waals surface area (Å²) >= 11 is 0. The molecule has 1 aliphatic heterocycles. The summed E-state index contributed by atoms with van der Waals surface area (Å²) in [5.74, 6) is 1.38. The SMILES string of the molecule is CC(C)(C)OC(=O)NCC1CCNC1C1CCCC1. The quantitative estimate of drug-likeness (QED) is 0.827. The summed E-state index contributed by atoms with van der Waals surface area (Å²) < 4.78 is 5.29. The van der Waals surface area contributed by atoms with Crippen molar-refractivity contribution < 1.29 is 9.53 Å². The summed E-state index contributed by atoms with van der Waals surface area (Å²) in [5, 5.41) is 6.56. The Kier molecular flexibility index (Phi) is 4.71. The van der Waals surface area contributed by atoms with E-state index in [-0.39, 0.29) is 6.09 Å². The van der Waals surface area contributed by atoms with E-state index in [2.05, 4.69) is 10.6 Å². The molecule has 2 atom stereocenters. The van der Waals surface area contributed by atoms with Gasteiger partial charge in [-0.05, 0) is 58.4 Å². The van der Waals surface area contributed by atoms with Crippen molar-refractivity contribution in [1.82, 2.24) is 10.6 Å². The molecule has 1 aliphatic carbocycles. The zero-order chi connectivity index (χ0) is 13.9. The number of alkyl carbamates (subject to hydrolysis) is 1. The van der Waals surface area contributed by atoms with Crippen LogP contribution in [0.5, 0.6) is 0 Å². The molecule has 1 saturated carbocycles. The molecule has 2 aliphatic rings. The molecule has 2 rings (SSSR count). The van der Waals surface area contributed by atoms with Gasteiger partial charge in [0.1, 0.15) is 5.60 Å². The Balaban J connectivity index is 1.76. The van der Waals surface area contributed by atoms with Crippen molar-refractivity contribution in [1.29, 1.82) is 0 Å². The molecule has 4 nitrogen and oxygen atoms in total. The topological polar surface area (TPSA) is 50.4 Å². The Morgan fingerprint density at radius 3 is 2.58 bits per heavy atom. The van der Waals surface area contributed by atoms with Crippen LogP contribution >= 0.6 is 0 Å². The first kappa shape index (κ1) is 14.6. The molecule has 2 N–H and O–H groups in total. The Hall–Kier alpha value is -0.770. The molecule has 1 heterocycles. The third-order valence-electron chi connectivity index (χ3n) is 4.22. The molecule has 0 bridgehead atoms. The summed E-state index contributed by atoms with van der Waals surface area (Å²) in [5.41, 5.74) is -0.414. The van der Waals surface area contributed by atoms with Gasteiger partial charge in [0.25, 0.3) is 0 Å². The smallest absolute Gasteiger partial charge is 0.407 e. The monoisotopic (exact) mass is 268 g/mol. The van der Waals surface area contributed by atoms with Crippen LogP contribution in [-0.2, 0) is 4.74 Å². The molecule has 0 radical (unpaired) electrons. The maximum absolute atomic E-state index is 11.7. The van der Waals surface area contributed by atoms with Gasteiger partial charge in [-0.1, -0.05) is 12.8 Å². The average molecular weight is 268 g/mol. The minimum absolute atomic E-state index is 0.287. The predicted octanol–water partition coefficient (Wildman–Crippen LogP) is 2.68. The van der Waals surface area contributed by atoms with Crippen LogP contribution in [-0.4, -0.2) is 30.8 Å². The van der Waals surface area contributed by atoms with Crippen molar-refractivity contribution in [2.75, 3.05) is 13.1 Å². The van der Waals surface area contributed by atoms with E-state index in [0.717, 1.165) is 25.4 Å². The summed E-state index contributed by atoms with van der Waals surface area (Å²) in [6.45, 7) is 7.51. The van der Waals surface area contributed by atoms with Crippen molar-refractivity contribution in [3.8, 4) is 0 Å². The van der Waals surface area contributed by atoms with Crippen LogP contribution in [0.15, 0.2) is 0 Å². The van der Waals surface area contributed by atoms with Crippen LogP contribution in [0.4, 0.5) is 4.79 Å². The predicted molar refractivity (Wildman–Crippen MR) is 76.1 cm³/mol. The minimum Gasteiger partial charge on any atom is -0.444 e. The molecule has 0 aromatic carbocycles. The summed E-state index contributed by atoms with van der Waals surface area (Å²) in [6, 6.07) is 0.595. The molecule has 2 fully saturated rings. The molecule has 2 unspecified atom stereocenters. The van der Waals surface area contributed by atoms with Gasteiger partial charge in [-0.15, -0.1) is 0 Å². The van der Waals surface area contributed by atoms with Crippen molar-refractivity contribution >= 4 is 6.09 Å². The fourth-order valence-electron chi connectivity index (χ4n) is 3.41. The Morgan fingerprint density at radius 2 is 1.95 bits per heavy atom. The Morgan fingerprint density at radius 1 is 1.26 bits per heavy atom. The lowest BCUT2D eigenvalue weighted by Gasteiger charge is -2.26. The van der Waals surface area contributed by atoms with Crippen LogP contribution in [0.1, 0.15) is 52.9 Å². The van der Waals surface area contributed by atoms with Crippen LogP contribution in [0, 0.1) is 11.8 Å². The number of hydrogen-bond donors (Lipinski definition) is 2. The van der Waals surface area contributed by atoms with E-state index >= 15 is 0 Å². The fourth-order valence-corrected chi connectivity index (χ4v) is 3.41. The highest BCUT2D eigenvalue weighted by Crippen LogP contribution is 2.33. The first-order chi connectivity index (χ1) is 8.96. The van der Waals surface area contributed by atoms with E-state index in [0.29, 0.717) is 12.0 Å². The van der Waals surface area contributed by atoms with Crippen molar-refractivity contribution in [3.63, 3.8) is 0 Å². The number of carbonyl (C=O) groups is 1. The highest BCUT2D eigenvalue weighted by molar-refractivity contribution is 5.67.